The predicted molar refractivity (Wildman–Crippen MR) is 108 cm³/mol. The third kappa shape index (κ3) is 3.90. The lowest BCUT2D eigenvalue weighted by Gasteiger charge is -2.14. The van der Waals surface area contributed by atoms with Crippen LogP contribution in [0.3, 0.4) is 0 Å². The summed E-state index contributed by atoms with van der Waals surface area (Å²) in [5.74, 6) is 0.646. The summed E-state index contributed by atoms with van der Waals surface area (Å²) in [4.78, 5) is 4.78. The van der Waals surface area contributed by atoms with Gasteiger partial charge in [0.25, 0.3) is 0 Å². The molecule has 0 aliphatic carbocycles. The number of aryl methyl sites for hydroxylation is 1. The van der Waals surface area contributed by atoms with Crippen molar-refractivity contribution in [2.45, 2.75) is 32.2 Å². The van der Waals surface area contributed by atoms with Crippen molar-refractivity contribution >= 4 is 5.90 Å². The molecule has 1 aliphatic heterocycles. The summed E-state index contributed by atoms with van der Waals surface area (Å²) in [7, 11) is 0. The quantitative estimate of drug-likeness (QED) is 0.490. The van der Waals surface area contributed by atoms with E-state index in [-0.39, 0.29) is 12.1 Å². The Labute approximate surface area is 167 Å². The second-order valence-electron chi connectivity index (χ2n) is 7.21. The number of nitrogens with zero attached hydrogens (tertiary/aromatic N) is 1. The zero-order chi connectivity index (χ0) is 20.6. The summed E-state index contributed by atoms with van der Waals surface area (Å²) in [6, 6.07) is 20.8. The van der Waals surface area contributed by atoms with Crippen molar-refractivity contribution in [1.29, 1.82) is 0 Å². The van der Waals surface area contributed by atoms with Gasteiger partial charge in [0.05, 0.1) is 5.56 Å². The highest BCUT2D eigenvalue weighted by molar-refractivity contribution is 5.96. The number of halogens is 3. The van der Waals surface area contributed by atoms with Crippen molar-refractivity contribution in [3.8, 4) is 11.1 Å². The van der Waals surface area contributed by atoms with Crippen LogP contribution >= 0.6 is 0 Å². The molecule has 0 fully saturated rings. The highest BCUT2D eigenvalue weighted by atomic mass is 19.4. The number of hydrogen-bond donors (Lipinski definition) is 0. The third-order valence-corrected chi connectivity index (χ3v) is 5.17. The molecule has 0 radical (unpaired) electrons. The zero-order valence-corrected chi connectivity index (χ0v) is 16.1. The number of hydrogen-bond acceptors (Lipinski definition) is 2. The van der Waals surface area contributed by atoms with Gasteiger partial charge in [-0.2, -0.15) is 13.2 Å². The lowest BCUT2D eigenvalue weighted by atomic mass is 9.98. The van der Waals surface area contributed by atoms with E-state index in [1.54, 1.807) is 0 Å². The first-order valence-corrected chi connectivity index (χ1v) is 9.41. The Hall–Kier alpha value is -3.08. The fourth-order valence-corrected chi connectivity index (χ4v) is 3.52. The molecule has 4 rings (SSSR count). The Bertz CT molecular complexity index is 1040. The molecule has 0 aromatic heterocycles. The first-order chi connectivity index (χ1) is 13.8. The molecule has 3 aromatic rings. The summed E-state index contributed by atoms with van der Waals surface area (Å²) < 4.78 is 44.2. The monoisotopic (exact) mass is 395 g/mol. The van der Waals surface area contributed by atoms with Gasteiger partial charge in [-0.3, -0.25) is 0 Å². The molecule has 3 aromatic carbocycles. The maximum atomic E-state index is 12.7. The molecule has 5 heteroatoms. The van der Waals surface area contributed by atoms with Crippen LogP contribution in [0.5, 0.6) is 0 Å². The van der Waals surface area contributed by atoms with E-state index in [2.05, 4.69) is 0 Å². The van der Waals surface area contributed by atoms with Crippen molar-refractivity contribution in [2.24, 2.45) is 4.99 Å². The molecule has 0 spiro atoms. The van der Waals surface area contributed by atoms with Crippen molar-refractivity contribution in [3.63, 3.8) is 0 Å². The molecule has 2 atom stereocenters. The topological polar surface area (TPSA) is 21.6 Å². The molecule has 0 N–H and O–H groups in total. The molecule has 0 amide bonds. The second-order valence-corrected chi connectivity index (χ2v) is 7.21. The van der Waals surface area contributed by atoms with Gasteiger partial charge in [0, 0.05) is 5.56 Å². The van der Waals surface area contributed by atoms with Gasteiger partial charge in [-0.15, -0.1) is 0 Å². The van der Waals surface area contributed by atoms with Crippen molar-refractivity contribution in [3.05, 3.63) is 95.1 Å². The second kappa shape index (κ2) is 7.39. The van der Waals surface area contributed by atoms with Crippen LogP contribution < -0.4 is 0 Å². The van der Waals surface area contributed by atoms with E-state index in [1.807, 2.05) is 62.4 Å². The number of ether oxygens (including phenoxy) is 1. The first-order valence-electron chi connectivity index (χ1n) is 9.41. The minimum absolute atomic E-state index is 0.0958. The number of rotatable bonds is 3. The number of alkyl halides is 3. The Morgan fingerprint density at radius 3 is 2.00 bits per heavy atom. The molecule has 1 aliphatic rings. The minimum Gasteiger partial charge on any atom is -0.472 e. The Morgan fingerprint density at radius 1 is 0.828 bits per heavy atom. The fourth-order valence-electron chi connectivity index (χ4n) is 3.52. The van der Waals surface area contributed by atoms with Gasteiger partial charge in [-0.25, -0.2) is 4.99 Å². The van der Waals surface area contributed by atoms with Crippen LogP contribution in [0.1, 0.15) is 35.2 Å². The molecule has 0 saturated heterocycles. The summed E-state index contributed by atoms with van der Waals surface area (Å²) in [6.45, 7) is 4.02. The highest BCUT2D eigenvalue weighted by Crippen LogP contribution is 2.34. The van der Waals surface area contributed by atoms with E-state index < -0.39 is 11.7 Å². The van der Waals surface area contributed by atoms with E-state index in [0.717, 1.165) is 39.9 Å². The van der Waals surface area contributed by atoms with Crippen LogP contribution in [-0.2, 0) is 10.9 Å². The summed E-state index contributed by atoms with van der Waals surface area (Å²) >= 11 is 0. The zero-order valence-electron chi connectivity index (χ0n) is 16.1. The molecular formula is C24H20F3NO. The molecule has 2 nitrogen and oxygen atoms in total. The number of aliphatic imine (C=N–C) groups is 1. The third-order valence-electron chi connectivity index (χ3n) is 5.17. The van der Waals surface area contributed by atoms with Crippen LogP contribution in [0.25, 0.3) is 11.1 Å². The van der Waals surface area contributed by atoms with Gasteiger partial charge in [0.15, 0.2) is 0 Å². The Kier molecular flexibility index (Phi) is 4.91. The smallest absolute Gasteiger partial charge is 0.416 e. The maximum Gasteiger partial charge on any atom is 0.416 e. The van der Waals surface area contributed by atoms with E-state index in [1.165, 1.54) is 12.1 Å². The van der Waals surface area contributed by atoms with Crippen LogP contribution in [0.2, 0.25) is 0 Å². The van der Waals surface area contributed by atoms with E-state index in [9.17, 15) is 13.2 Å². The van der Waals surface area contributed by atoms with E-state index >= 15 is 0 Å². The normalized spacial score (nSPS) is 19.0. The van der Waals surface area contributed by atoms with Gasteiger partial charge in [-0.05, 0) is 54.3 Å². The van der Waals surface area contributed by atoms with Gasteiger partial charge in [0.2, 0.25) is 5.90 Å². The number of benzene rings is 3. The van der Waals surface area contributed by atoms with Crippen LogP contribution in [0.4, 0.5) is 13.2 Å². The summed E-state index contributed by atoms with van der Waals surface area (Å²) in [6.07, 6.45) is -4.42. The molecule has 1 heterocycles. The Morgan fingerprint density at radius 2 is 1.41 bits per heavy atom. The van der Waals surface area contributed by atoms with Crippen LogP contribution in [-0.4, -0.2) is 12.0 Å². The van der Waals surface area contributed by atoms with Gasteiger partial charge in [0.1, 0.15) is 12.1 Å². The van der Waals surface area contributed by atoms with Crippen molar-refractivity contribution < 1.29 is 17.9 Å². The molecule has 0 saturated carbocycles. The van der Waals surface area contributed by atoms with E-state index in [0.29, 0.717) is 5.90 Å². The average molecular weight is 395 g/mol. The van der Waals surface area contributed by atoms with Gasteiger partial charge < -0.3 is 4.74 Å². The first kappa shape index (κ1) is 19.2. The molecule has 0 bridgehead atoms. The molecule has 29 heavy (non-hydrogen) atoms. The van der Waals surface area contributed by atoms with E-state index in [4.69, 9.17) is 9.73 Å². The standard InChI is InChI=1S/C24H20F3NO/c1-15-5-3-4-6-21(15)23-28-22(16(2)29-23)19-9-7-17(8-10-19)18-11-13-20(14-12-18)24(25,26)27/h3-14,16,22H,1-2H3/t16-,22-/m0/s1. The highest BCUT2D eigenvalue weighted by Gasteiger charge is 2.31. The molecule has 148 valence electrons. The summed E-state index contributed by atoms with van der Waals surface area (Å²) in [5.41, 5.74) is 4.06. The van der Waals surface area contributed by atoms with Crippen molar-refractivity contribution in [1.82, 2.24) is 0 Å². The predicted octanol–water partition coefficient (Wildman–Crippen LogP) is 6.59. The SMILES string of the molecule is Cc1ccccc1C1=N[C@H](c2ccc(-c3ccc(C(F)(F)F)cc3)cc2)[C@H](C)O1. The largest absolute Gasteiger partial charge is 0.472 e. The fraction of sp³-hybridized carbons (Fsp3) is 0.208. The Balaban J connectivity index is 1.57. The van der Waals surface area contributed by atoms with Crippen LogP contribution in [0.15, 0.2) is 77.8 Å². The molecule has 0 unspecified atom stereocenters. The maximum absolute atomic E-state index is 12.7. The summed E-state index contributed by atoms with van der Waals surface area (Å²) in [5, 5.41) is 0. The van der Waals surface area contributed by atoms with Gasteiger partial charge in [-0.1, -0.05) is 54.6 Å². The van der Waals surface area contributed by atoms with Crippen LogP contribution in [0, 0.1) is 6.92 Å². The lowest BCUT2D eigenvalue weighted by molar-refractivity contribution is -0.137. The molecular weight excluding hydrogens is 375 g/mol. The minimum atomic E-state index is -4.33. The van der Waals surface area contributed by atoms with Crippen molar-refractivity contribution in [2.75, 3.05) is 0 Å². The lowest BCUT2D eigenvalue weighted by Crippen LogP contribution is -2.12. The average Bonchev–Trinajstić information content (AvgIpc) is 3.09. The van der Waals surface area contributed by atoms with Gasteiger partial charge >= 0.3 is 6.18 Å².